The molecule has 0 bridgehead atoms. The molecule has 0 N–H and O–H groups in total. The molecule has 5 heteroatoms. The Labute approximate surface area is 171 Å². The zero-order chi connectivity index (χ0) is 20.1. The predicted molar refractivity (Wildman–Crippen MR) is 113 cm³/mol. The van der Waals surface area contributed by atoms with Gasteiger partial charge in [-0.2, -0.15) is 0 Å². The highest BCUT2D eigenvalue weighted by Gasteiger charge is 2.21. The van der Waals surface area contributed by atoms with Gasteiger partial charge in [-0.15, -0.1) is 0 Å². The van der Waals surface area contributed by atoms with Crippen LogP contribution in [0.4, 0.5) is 4.39 Å². The average Bonchev–Trinajstić information content (AvgIpc) is 2.70. The summed E-state index contributed by atoms with van der Waals surface area (Å²) in [6.07, 6.45) is 3.49. The van der Waals surface area contributed by atoms with Crippen LogP contribution in [0, 0.1) is 5.82 Å². The van der Waals surface area contributed by atoms with Gasteiger partial charge in [0.1, 0.15) is 5.82 Å². The molecule has 1 heterocycles. The molecule has 1 amide bonds. The Morgan fingerprint density at radius 1 is 1.11 bits per heavy atom. The Morgan fingerprint density at radius 3 is 2.39 bits per heavy atom. The number of piperazine rings is 1. The van der Waals surface area contributed by atoms with Crippen molar-refractivity contribution in [3.05, 3.63) is 76.1 Å². The zero-order valence-corrected chi connectivity index (χ0v) is 17.1. The van der Waals surface area contributed by atoms with E-state index in [1.165, 1.54) is 11.6 Å². The van der Waals surface area contributed by atoms with Crippen molar-refractivity contribution < 1.29 is 9.18 Å². The van der Waals surface area contributed by atoms with E-state index in [0.717, 1.165) is 5.56 Å². The van der Waals surface area contributed by atoms with Crippen molar-refractivity contribution in [3.8, 4) is 0 Å². The topological polar surface area (TPSA) is 23.6 Å². The first-order valence-corrected chi connectivity index (χ1v) is 10.0. The van der Waals surface area contributed by atoms with E-state index in [9.17, 15) is 9.18 Å². The molecule has 0 aliphatic carbocycles. The number of carbonyl (C=O) groups is 1. The molecule has 3 rings (SSSR count). The lowest BCUT2D eigenvalue weighted by atomic mass is 10.0. The van der Waals surface area contributed by atoms with Gasteiger partial charge in [0.25, 0.3) is 0 Å². The molecule has 148 valence electrons. The van der Waals surface area contributed by atoms with Crippen molar-refractivity contribution in [2.45, 2.75) is 26.3 Å². The monoisotopic (exact) mass is 400 g/mol. The molecule has 0 aromatic heterocycles. The molecule has 1 fully saturated rings. The molecule has 0 spiro atoms. The van der Waals surface area contributed by atoms with E-state index >= 15 is 0 Å². The van der Waals surface area contributed by atoms with Gasteiger partial charge in [-0.05, 0) is 35.3 Å². The van der Waals surface area contributed by atoms with E-state index in [2.05, 4.69) is 30.9 Å². The molecule has 28 heavy (non-hydrogen) atoms. The fraction of sp³-hybridized carbons (Fsp3) is 0.348. The summed E-state index contributed by atoms with van der Waals surface area (Å²) < 4.78 is 14.0. The summed E-state index contributed by atoms with van der Waals surface area (Å²) >= 11 is 6.11. The van der Waals surface area contributed by atoms with E-state index in [0.29, 0.717) is 49.2 Å². The number of amides is 1. The molecule has 1 aliphatic heterocycles. The molecule has 0 unspecified atom stereocenters. The van der Waals surface area contributed by atoms with E-state index in [1.807, 2.05) is 23.1 Å². The second-order valence-corrected chi connectivity index (χ2v) is 7.86. The molecule has 3 nitrogen and oxygen atoms in total. The van der Waals surface area contributed by atoms with Crippen LogP contribution in [0.1, 0.15) is 36.5 Å². The number of benzene rings is 2. The zero-order valence-electron chi connectivity index (χ0n) is 16.4. The molecular formula is C23H26ClFN2O. The standard InChI is InChI=1S/C23H26ClFN2O/c1-17(2)19-9-6-18(7-10-19)8-11-23(28)27-14-12-26(13-15-27)16-20-21(24)4-3-5-22(20)25/h3-11,17H,12-16H2,1-2H3/b11-8+. The molecule has 0 atom stereocenters. The number of hydrogen-bond acceptors (Lipinski definition) is 2. The number of carbonyl (C=O) groups excluding carboxylic acids is 1. The fourth-order valence-corrected chi connectivity index (χ4v) is 3.52. The molecule has 0 radical (unpaired) electrons. The largest absolute Gasteiger partial charge is 0.337 e. The van der Waals surface area contributed by atoms with Crippen molar-refractivity contribution in [2.24, 2.45) is 0 Å². The Hall–Kier alpha value is -2.17. The SMILES string of the molecule is CC(C)c1ccc(/C=C/C(=O)N2CCN(Cc3c(F)cccc3Cl)CC2)cc1. The lowest BCUT2D eigenvalue weighted by molar-refractivity contribution is -0.127. The summed E-state index contributed by atoms with van der Waals surface area (Å²) in [5, 5.41) is 0.449. The number of hydrogen-bond donors (Lipinski definition) is 0. The Balaban J connectivity index is 1.52. The summed E-state index contributed by atoms with van der Waals surface area (Å²) in [6.45, 7) is 7.44. The number of rotatable bonds is 5. The first-order valence-electron chi connectivity index (χ1n) is 9.66. The summed E-state index contributed by atoms with van der Waals surface area (Å²) in [4.78, 5) is 16.4. The van der Waals surface area contributed by atoms with Crippen LogP contribution in [0.15, 0.2) is 48.5 Å². The van der Waals surface area contributed by atoms with E-state index in [4.69, 9.17) is 11.6 Å². The highest BCUT2D eigenvalue weighted by atomic mass is 35.5. The Bertz CT molecular complexity index is 820. The molecule has 2 aromatic carbocycles. The van der Waals surface area contributed by atoms with Gasteiger partial charge in [-0.25, -0.2) is 4.39 Å². The molecule has 2 aromatic rings. The maximum Gasteiger partial charge on any atom is 0.246 e. The van der Waals surface area contributed by atoms with Crippen LogP contribution in [-0.2, 0) is 11.3 Å². The predicted octanol–water partition coefficient (Wildman–Crippen LogP) is 4.96. The van der Waals surface area contributed by atoms with E-state index in [-0.39, 0.29) is 11.7 Å². The van der Waals surface area contributed by atoms with E-state index < -0.39 is 0 Å². The minimum absolute atomic E-state index is 0.0107. The van der Waals surface area contributed by atoms with Crippen LogP contribution in [0.25, 0.3) is 6.08 Å². The highest BCUT2D eigenvalue weighted by molar-refractivity contribution is 6.31. The summed E-state index contributed by atoms with van der Waals surface area (Å²) in [7, 11) is 0. The van der Waals surface area contributed by atoms with Gasteiger partial charge < -0.3 is 4.90 Å². The van der Waals surface area contributed by atoms with Crippen molar-refractivity contribution >= 4 is 23.6 Å². The minimum Gasteiger partial charge on any atom is -0.337 e. The van der Waals surface area contributed by atoms with Crippen LogP contribution in [-0.4, -0.2) is 41.9 Å². The van der Waals surface area contributed by atoms with Gasteiger partial charge in [-0.3, -0.25) is 9.69 Å². The third kappa shape index (κ3) is 5.21. The maximum atomic E-state index is 14.0. The first kappa shape index (κ1) is 20.6. The van der Waals surface area contributed by atoms with Gasteiger partial charge in [0.15, 0.2) is 0 Å². The Kier molecular flexibility index (Phi) is 6.87. The quantitative estimate of drug-likeness (QED) is 0.662. The van der Waals surface area contributed by atoms with Crippen molar-refractivity contribution in [3.63, 3.8) is 0 Å². The second-order valence-electron chi connectivity index (χ2n) is 7.46. The summed E-state index contributed by atoms with van der Waals surface area (Å²) in [5.74, 6) is 0.226. The lowest BCUT2D eigenvalue weighted by Crippen LogP contribution is -2.47. The van der Waals surface area contributed by atoms with Crippen molar-refractivity contribution in [1.29, 1.82) is 0 Å². The van der Waals surface area contributed by atoms with Gasteiger partial charge in [-0.1, -0.05) is 55.8 Å². The Morgan fingerprint density at radius 2 is 1.79 bits per heavy atom. The van der Waals surface area contributed by atoms with Crippen LogP contribution >= 0.6 is 11.6 Å². The van der Waals surface area contributed by atoms with Crippen LogP contribution in [0.5, 0.6) is 0 Å². The fourth-order valence-electron chi connectivity index (χ4n) is 3.30. The first-order chi connectivity index (χ1) is 13.4. The molecule has 1 aliphatic rings. The number of halogens is 2. The van der Waals surface area contributed by atoms with Crippen molar-refractivity contribution in [1.82, 2.24) is 9.80 Å². The van der Waals surface area contributed by atoms with E-state index in [1.54, 1.807) is 18.2 Å². The molecular weight excluding hydrogens is 375 g/mol. The minimum atomic E-state index is -0.280. The third-order valence-corrected chi connectivity index (χ3v) is 5.50. The second kappa shape index (κ2) is 9.35. The van der Waals surface area contributed by atoms with Crippen molar-refractivity contribution in [2.75, 3.05) is 26.2 Å². The lowest BCUT2D eigenvalue weighted by Gasteiger charge is -2.34. The van der Waals surface area contributed by atoms with Gasteiger partial charge in [0.05, 0.1) is 0 Å². The van der Waals surface area contributed by atoms with Gasteiger partial charge in [0.2, 0.25) is 5.91 Å². The summed E-state index contributed by atoms with van der Waals surface area (Å²) in [5.41, 5.74) is 2.83. The maximum absolute atomic E-state index is 14.0. The number of nitrogens with zero attached hydrogens (tertiary/aromatic N) is 2. The van der Waals surface area contributed by atoms with Gasteiger partial charge in [0, 0.05) is 49.4 Å². The van der Waals surface area contributed by atoms with Crippen LogP contribution in [0.3, 0.4) is 0 Å². The van der Waals surface area contributed by atoms with Crippen LogP contribution in [0.2, 0.25) is 5.02 Å². The average molecular weight is 401 g/mol. The summed E-state index contributed by atoms with van der Waals surface area (Å²) in [6, 6.07) is 13.0. The molecule has 0 saturated carbocycles. The smallest absolute Gasteiger partial charge is 0.246 e. The molecule has 1 saturated heterocycles. The highest BCUT2D eigenvalue weighted by Crippen LogP contribution is 2.21. The van der Waals surface area contributed by atoms with Crippen LogP contribution < -0.4 is 0 Å². The van der Waals surface area contributed by atoms with Gasteiger partial charge >= 0.3 is 0 Å². The normalized spacial score (nSPS) is 15.5. The third-order valence-electron chi connectivity index (χ3n) is 5.15.